The molecule has 2 saturated carbocycles. The molecule has 0 radical (unpaired) electrons. The van der Waals surface area contributed by atoms with Crippen LogP contribution in [0.3, 0.4) is 0 Å². The maximum Gasteiger partial charge on any atom is 0.181 e. The van der Waals surface area contributed by atoms with Crippen molar-refractivity contribution in [1.29, 1.82) is 0 Å². The van der Waals surface area contributed by atoms with Gasteiger partial charge in [-0.2, -0.15) is 0 Å². The van der Waals surface area contributed by atoms with Gasteiger partial charge in [0.05, 0.1) is 26.4 Å². The summed E-state index contributed by atoms with van der Waals surface area (Å²) in [5, 5.41) is 8.80. The number of methoxy groups -OCH3 is 3. The molecule has 194 valence electrons. The van der Waals surface area contributed by atoms with E-state index < -0.39 is 6.10 Å². The summed E-state index contributed by atoms with van der Waals surface area (Å²) in [6, 6.07) is 0. The Bertz CT molecular complexity index is 286. The van der Waals surface area contributed by atoms with E-state index in [9.17, 15) is 0 Å². The van der Waals surface area contributed by atoms with Crippen molar-refractivity contribution in [2.24, 2.45) is 0 Å². The smallest absolute Gasteiger partial charge is 0.181 e. The molecule has 2 aliphatic heterocycles. The van der Waals surface area contributed by atoms with E-state index >= 15 is 0 Å². The standard InChI is InChI=1S/2C6H12.C5H12O3.2C4H8O2/c2*1-2-4-6-5-3-1;1-7-3-5(6)4-8-2;1-5-2-4-3-6-4;1-2-5-4-3-6-4/h2*1-6H2;5-6H,3-4H2,1-2H3;2*4H,2-3H2,1H3. The molecule has 0 aromatic rings. The Kier molecular flexibility index (Phi) is 25.1. The van der Waals surface area contributed by atoms with E-state index in [1.807, 2.05) is 6.92 Å². The molecule has 2 saturated heterocycles. The summed E-state index contributed by atoms with van der Waals surface area (Å²) in [4.78, 5) is 0. The predicted molar refractivity (Wildman–Crippen MR) is 128 cm³/mol. The highest BCUT2D eigenvalue weighted by Crippen LogP contribution is 2.15. The SMILES string of the molecule is C1CCCCC1.C1CCCCC1.CCOC1CO1.COCC(O)COC.COCC1CO1. The summed E-state index contributed by atoms with van der Waals surface area (Å²) >= 11 is 0. The van der Waals surface area contributed by atoms with Crippen LogP contribution in [0.5, 0.6) is 0 Å². The second kappa shape index (κ2) is 25.3. The van der Waals surface area contributed by atoms with Crippen LogP contribution in [0.25, 0.3) is 0 Å². The highest BCUT2D eigenvalue weighted by atomic mass is 16.8. The second-order valence-corrected chi connectivity index (χ2v) is 8.44. The summed E-state index contributed by atoms with van der Waals surface area (Å²) in [5.41, 5.74) is 0. The third-order valence-electron chi connectivity index (χ3n) is 5.13. The van der Waals surface area contributed by atoms with Gasteiger partial charge in [0.1, 0.15) is 18.8 Å². The summed E-state index contributed by atoms with van der Waals surface area (Å²) in [7, 11) is 4.76. The summed E-state index contributed by atoms with van der Waals surface area (Å²) in [5.74, 6) is 0. The molecule has 0 aromatic carbocycles. The first-order chi connectivity index (χ1) is 15.7. The number of epoxide rings is 2. The molecule has 2 aliphatic carbocycles. The lowest BCUT2D eigenvalue weighted by Crippen LogP contribution is -2.19. The largest absolute Gasteiger partial charge is 0.388 e. The topological polar surface area (TPSA) is 82.2 Å². The first-order valence-corrected chi connectivity index (χ1v) is 12.7. The third-order valence-corrected chi connectivity index (χ3v) is 5.13. The van der Waals surface area contributed by atoms with Gasteiger partial charge in [0.25, 0.3) is 0 Å². The van der Waals surface area contributed by atoms with Crippen LogP contribution in [0.4, 0.5) is 0 Å². The minimum Gasteiger partial charge on any atom is -0.388 e. The van der Waals surface area contributed by atoms with E-state index in [0.29, 0.717) is 19.3 Å². The van der Waals surface area contributed by atoms with Crippen LogP contribution in [0.2, 0.25) is 0 Å². The summed E-state index contributed by atoms with van der Waals surface area (Å²) in [6.45, 7) is 5.87. The first kappa shape index (κ1) is 31.7. The van der Waals surface area contributed by atoms with Crippen molar-refractivity contribution in [1.82, 2.24) is 0 Å². The minimum absolute atomic E-state index is 0.148. The number of ether oxygens (including phenoxy) is 6. The molecule has 4 rings (SSSR count). The van der Waals surface area contributed by atoms with Crippen molar-refractivity contribution in [3.63, 3.8) is 0 Å². The highest BCUT2D eigenvalue weighted by molar-refractivity contribution is 4.66. The van der Waals surface area contributed by atoms with E-state index in [4.69, 9.17) is 24.1 Å². The second-order valence-electron chi connectivity index (χ2n) is 8.44. The maximum absolute atomic E-state index is 8.80. The van der Waals surface area contributed by atoms with E-state index in [1.54, 1.807) is 21.3 Å². The number of aliphatic hydroxyl groups is 1. The van der Waals surface area contributed by atoms with Gasteiger partial charge < -0.3 is 33.5 Å². The van der Waals surface area contributed by atoms with Crippen molar-refractivity contribution in [2.75, 3.05) is 61.0 Å². The number of hydrogen-bond acceptors (Lipinski definition) is 7. The Morgan fingerprint density at radius 1 is 0.688 bits per heavy atom. The molecule has 32 heavy (non-hydrogen) atoms. The molecule has 0 spiro atoms. The number of aliphatic hydroxyl groups excluding tert-OH is 1. The average molecular weight is 465 g/mol. The molecule has 0 bridgehead atoms. The fourth-order valence-corrected chi connectivity index (χ4v) is 3.23. The average Bonchev–Trinajstić information content (AvgIpc) is 3.76. The Labute approximate surface area is 197 Å². The molecule has 0 aromatic heterocycles. The molecule has 2 atom stereocenters. The van der Waals surface area contributed by atoms with Crippen molar-refractivity contribution in [3.05, 3.63) is 0 Å². The lowest BCUT2D eigenvalue weighted by Gasteiger charge is -2.05. The van der Waals surface area contributed by atoms with E-state index in [2.05, 4.69) is 9.47 Å². The van der Waals surface area contributed by atoms with Crippen molar-refractivity contribution >= 4 is 0 Å². The van der Waals surface area contributed by atoms with Gasteiger partial charge in [-0.15, -0.1) is 0 Å². The zero-order chi connectivity index (χ0) is 23.7. The highest BCUT2D eigenvalue weighted by Gasteiger charge is 2.21. The normalized spacial score (nSPS) is 23.1. The van der Waals surface area contributed by atoms with Gasteiger partial charge in [0.15, 0.2) is 6.29 Å². The molecule has 2 unspecified atom stereocenters. The van der Waals surface area contributed by atoms with Crippen molar-refractivity contribution in [2.45, 2.75) is 102 Å². The Hall–Kier alpha value is -0.280. The number of rotatable bonds is 8. The molecular formula is C25H52O7. The van der Waals surface area contributed by atoms with Crippen LogP contribution in [0.1, 0.15) is 84.0 Å². The fraction of sp³-hybridized carbons (Fsp3) is 1.00. The Balaban J connectivity index is 0.000000377. The van der Waals surface area contributed by atoms with Crippen LogP contribution in [-0.2, 0) is 28.4 Å². The molecule has 0 amide bonds. The monoisotopic (exact) mass is 464 g/mol. The van der Waals surface area contributed by atoms with Crippen molar-refractivity contribution < 1.29 is 33.5 Å². The fourth-order valence-electron chi connectivity index (χ4n) is 3.23. The van der Waals surface area contributed by atoms with Crippen molar-refractivity contribution in [3.8, 4) is 0 Å². The van der Waals surface area contributed by atoms with E-state index in [0.717, 1.165) is 26.4 Å². The molecule has 7 heteroatoms. The zero-order valence-electron chi connectivity index (χ0n) is 21.4. The summed E-state index contributed by atoms with van der Waals surface area (Å²) < 4.78 is 28.5. The van der Waals surface area contributed by atoms with E-state index in [1.165, 1.54) is 77.0 Å². The van der Waals surface area contributed by atoms with Gasteiger partial charge in [0, 0.05) is 27.9 Å². The van der Waals surface area contributed by atoms with Gasteiger partial charge in [-0.25, -0.2) is 0 Å². The molecule has 4 aliphatic rings. The van der Waals surface area contributed by atoms with Gasteiger partial charge in [0.2, 0.25) is 0 Å². The minimum atomic E-state index is -0.481. The maximum atomic E-state index is 8.80. The first-order valence-electron chi connectivity index (χ1n) is 12.7. The van der Waals surface area contributed by atoms with Gasteiger partial charge in [-0.05, 0) is 6.92 Å². The molecular weight excluding hydrogens is 412 g/mol. The van der Waals surface area contributed by atoms with Crippen LogP contribution in [0.15, 0.2) is 0 Å². The van der Waals surface area contributed by atoms with E-state index in [-0.39, 0.29) is 6.29 Å². The quantitative estimate of drug-likeness (QED) is 0.520. The Morgan fingerprint density at radius 3 is 1.22 bits per heavy atom. The van der Waals surface area contributed by atoms with Crippen LogP contribution >= 0.6 is 0 Å². The third kappa shape index (κ3) is 27.8. The summed E-state index contributed by atoms with van der Waals surface area (Å²) in [6.07, 6.45) is 18.1. The zero-order valence-corrected chi connectivity index (χ0v) is 21.4. The Morgan fingerprint density at radius 2 is 1.06 bits per heavy atom. The van der Waals surface area contributed by atoms with Gasteiger partial charge >= 0.3 is 0 Å². The van der Waals surface area contributed by atoms with Gasteiger partial charge in [-0.1, -0.05) is 77.0 Å². The predicted octanol–water partition coefficient (Wildman–Crippen LogP) is 4.73. The molecule has 1 N–H and O–H groups in total. The van der Waals surface area contributed by atoms with Gasteiger partial charge in [-0.3, -0.25) is 0 Å². The van der Waals surface area contributed by atoms with Crippen LogP contribution in [-0.4, -0.2) is 84.6 Å². The van der Waals surface area contributed by atoms with Crippen LogP contribution in [0, 0.1) is 0 Å². The molecule has 4 fully saturated rings. The molecule has 7 nitrogen and oxygen atoms in total. The molecule has 2 heterocycles. The number of hydrogen-bond donors (Lipinski definition) is 1. The van der Waals surface area contributed by atoms with Crippen LogP contribution < -0.4 is 0 Å². The lowest BCUT2D eigenvalue weighted by atomic mass is 10.0. The lowest BCUT2D eigenvalue weighted by molar-refractivity contribution is 0.00980.